The maximum absolute atomic E-state index is 4.86. The lowest BCUT2D eigenvalue weighted by Gasteiger charge is -2.03. The lowest BCUT2D eigenvalue weighted by Crippen LogP contribution is -1.92. The van der Waals surface area contributed by atoms with Gasteiger partial charge in [0, 0.05) is 25.0 Å². The molecular weight excluding hydrogens is 330 g/mol. The van der Waals surface area contributed by atoms with Crippen molar-refractivity contribution in [2.75, 3.05) is 0 Å². The minimum atomic E-state index is 0.941. The highest BCUT2D eigenvalue weighted by Gasteiger charge is 2.12. The number of benzene rings is 3. The monoisotopic (exact) mass is 349 g/mol. The third-order valence-electron chi connectivity index (χ3n) is 4.99. The Morgan fingerprint density at radius 2 is 1.15 bits per heavy atom. The fourth-order valence-corrected chi connectivity index (χ4v) is 3.53. The Bertz CT molecular complexity index is 1200. The zero-order chi connectivity index (χ0) is 18.2. The molecule has 5 aromatic rings. The number of fused-ring (bicyclic) bond motifs is 1. The van der Waals surface area contributed by atoms with Crippen molar-refractivity contribution in [1.29, 1.82) is 0 Å². The smallest absolute Gasteiger partial charge is 0.214 e. The predicted octanol–water partition coefficient (Wildman–Crippen LogP) is 5.67. The fraction of sp³-hybridized carbons (Fsp3) is 0.0417. The van der Waals surface area contributed by atoms with Crippen molar-refractivity contribution in [3.63, 3.8) is 0 Å². The Hall–Kier alpha value is -3.59. The van der Waals surface area contributed by atoms with E-state index in [0.717, 1.165) is 22.7 Å². The number of aryl methyl sites for hydroxylation is 1. The molecule has 0 saturated carbocycles. The van der Waals surface area contributed by atoms with Gasteiger partial charge in [0.15, 0.2) is 0 Å². The van der Waals surface area contributed by atoms with Crippen LogP contribution in [0.15, 0.2) is 97.3 Å². The second-order valence-electron chi connectivity index (χ2n) is 6.72. The Kier molecular flexibility index (Phi) is 3.65. The SMILES string of the molecule is Cn1c(-c2ccccc2)cn2cc(-c3ccc(-c4ccccc4)cc3)nc12. The van der Waals surface area contributed by atoms with Gasteiger partial charge in [0.05, 0.1) is 11.4 Å². The van der Waals surface area contributed by atoms with Crippen LogP contribution in [0.1, 0.15) is 0 Å². The summed E-state index contributed by atoms with van der Waals surface area (Å²) in [6, 6.07) is 29.4. The number of imidazole rings is 2. The van der Waals surface area contributed by atoms with Crippen LogP contribution < -0.4 is 0 Å². The molecule has 0 atom stereocenters. The molecule has 2 heterocycles. The molecule has 0 fully saturated rings. The standard InChI is InChI=1S/C24H19N3/c1-26-23(21-10-6-3-7-11-21)17-27-16-22(25-24(26)27)20-14-12-19(13-15-20)18-8-4-2-5-9-18/h2-17H,1H3. The summed E-state index contributed by atoms with van der Waals surface area (Å²) in [6.45, 7) is 0. The molecule has 130 valence electrons. The second-order valence-corrected chi connectivity index (χ2v) is 6.72. The molecular formula is C24H19N3. The summed E-state index contributed by atoms with van der Waals surface area (Å²) in [7, 11) is 2.06. The first kappa shape index (κ1) is 15.6. The van der Waals surface area contributed by atoms with Crippen LogP contribution in [0.4, 0.5) is 0 Å². The third kappa shape index (κ3) is 2.74. The van der Waals surface area contributed by atoms with E-state index in [1.54, 1.807) is 0 Å². The number of nitrogens with zero attached hydrogens (tertiary/aromatic N) is 3. The van der Waals surface area contributed by atoms with E-state index in [2.05, 4.69) is 101 Å². The molecule has 3 heteroatoms. The summed E-state index contributed by atoms with van der Waals surface area (Å²) in [5, 5.41) is 0. The van der Waals surface area contributed by atoms with Crippen molar-refractivity contribution in [3.8, 4) is 33.6 Å². The summed E-state index contributed by atoms with van der Waals surface area (Å²) in [5.41, 5.74) is 6.91. The molecule has 5 rings (SSSR count). The molecule has 0 unspecified atom stereocenters. The van der Waals surface area contributed by atoms with Gasteiger partial charge in [-0.15, -0.1) is 0 Å². The van der Waals surface area contributed by atoms with Crippen molar-refractivity contribution < 1.29 is 0 Å². The minimum absolute atomic E-state index is 0.941. The average molecular weight is 349 g/mol. The van der Waals surface area contributed by atoms with Gasteiger partial charge in [0.2, 0.25) is 5.78 Å². The summed E-state index contributed by atoms with van der Waals surface area (Å²) in [5.74, 6) is 0.941. The van der Waals surface area contributed by atoms with E-state index in [1.165, 1.54) is 16.7 Å². The highest BCUT2D eigenvalue weighted by Crippen LogP contribution is 2.27. The summed E-state index contributed by atoms with van der Waals surface area (Å²) < 4.78 is 4.24. The van der Waals surface area contributed by atoms with E-state index in [0.29, 0.717) is 0 Å². The number of hydrogen-bond acceptors (Lipinski definition) is 1. The molecule has 3 aromatic carbocycles. The van der Waals surface area contributed by atoms with Gasteiger partial charge in [-0.05, 0) is 16.7 Å². The van der Waals surface area contributed by atoms with Gasteiger partial charge < -0.3 is 4.57 Å². The number of rotatable bonds is 3. The van der Waals surface area contributed by atoms with Crippen molar-refractivity contribution in [3.05, 3.63) is 97.3 Å². The highest BCUT2D eigenvalue weighted by molar-refractivity contribution is 5.70. The van der Waals surface area contributed by atoms with Gasteiger partial charge in [-0.2, -0.15) is 0 Å². The van der Waals surface area contributed by atoms with Gasteiger partial charge in [0.1, 0.15) is 0 Å². The van der Waals surface area contributed by atoms with E-state index in [1.807, 2.05) is 12.1 Å². The Morgan fingerprint density at radius 3 is 1.78 bits per heavy atom. The zero-order valence-corrected chi connectivity index (χ0v) is 15.1. The van der Waals surface area contributed by atoms with Crippen molar-refractivity contribution in [2.45, 2.75) is 0 Å². The molecule has 0 aliphatic rings. The van der Waals surface area contributed by atoms with Gasteiger partial charge >= 0.3 is 0 Å². The predicted molar refractivity (Wildman–Crippen MR) is 110 cm³/mol. The topological polar surface area (TPSA) is 22.2 Å². The quantitative estimate of drug-likeness (QED) is 0.411. The Morgan fingerprint density at radius 1 is 0.593 bits per heavy atom. The molecule has 2 aromatic heterocycles. The molecule has 0 aliphatic carbocycles. The summed E-state index contributed by atoms with van der Waals surface area (Å²) in [4.78, 5) is 4.86. The Labute approximate surface area is 158 Å². The first-order valence-electron chi connectivity index (χ1n) is 9.05. The van der Waals surface area contributed by atoms with E-state index in [-0.39, 0.29) is 0 Å². The maximum atomic E-state index is 4.86. The van der Waals surface area contributed by atoms with E-state index < -0.39 is 0 Å². The van der Waals surface area contributed by atoms with E-state index in [4.69, 9.17) is 4.98 Å². The van der Waals surface area contributed by atoms with Gasteiger partial charge in [-0.25, -0.2) is 4.98 Å². The largest absolute Gasteiger partial charge is 0.313 e. The van der Waals surface area contributed by atoms with Gasteiger partial charge in [-0.3, -0.25) is 4.40 Å². The van der Waals surface area contributed by atoms with Gasteiger partial charge in [-0.1, -0.05) is 84.9 Å². The van der Waals surface area contributed by atoms with Crippen molar-refractivity contribution >= 4 is 5.78 Å². The molecule has 0 bridgehead atoms. The Balaban J connectivity index is 1.51. The van der Waals surface area contributed by atoms with Crippen LogP contribution in [0.2, 0.25) is 0 Å². The molecule has 0 spiro atoms. The summed E-state index contributed by atoms with van der Waals surface area (Å²) >= 11 is 0. The normalized spacial score (nSPS) is 11.1. The molecule has 27 heavy (non-hydrogen) atoms. The minimum Gasteiger partial charge on any atom is -0.313 e. The van der Waals surface area contributed by atoms with Crippen LogP contribution in [0.3, 0.4) is 0 Å². The lowest BCUT2D eigenvalue weighted by atomic mass is 10.0. The van der Waals surface area contributed by atoms with Crippen LogP contribution in [0.25, 0.3) is 39.4 Å². The van der Waals surface area contributed by atoms with Crippen LogP contribution in [-0.4, -0.2) is 14.0 Å². The number of aromatic nitrogens is 3. The van der Waals surface area contributed by atoms with Gasteiger partial charge in [0.25, 0.3) is 0 Å². The second kappa shape index (κ2) is 6.29. The zero-order valence-electron chi connectivity index (χ0n) is 15.1. The molecule has 0 radical (unpaired) electrons. The maximum Gasteiger partial charge on any atom is 0.214 e. The average Bonchev–Trinajstić information content (AvgIpc) is 3.29. The first-order valence-corrected chi connectivity index (χ1v) is 9.05. The number of hydrogen-bond donors (Lipinski definition) is 0. The third-order valence-corrected chi connectivity index (χ3v) is 4.99. The van der Waals surface area contributed by atoms with Crippen molar-refractivity contribution in [1.82, 2.24) is 14.0 Å². The molecule has 0 N–H and O–H groups in total. The molecule has 0 amide bonds. The van der Waals surface area contributed by atoms with Crippen LogP contribution >= 0.6 is 0 Å². The molecule has 0 aliphatic heterocycles. The molecule has 0 saturated heterocycles. The van der Waals surface area contributed by atoms with Crippen LogP contribution in [0.5, 0.6) is 0 Å². The van der Waals surface area contributed by atoms with E-state index in [9.17, 15) is 0 Å². The lowest BCUT2D eigenvalue weighted by molar-refractivity contribution is 0.945. The first-order chi connectivity index (χ1) is 13.3. The van der Waals surface area contributed by atoms with Crippen LogP contribution in [0, 0.1) is 0 Å². The summed E-state index contributed by atoms with van der Waals surface area (Å²) in [6.07, 6.45) is 4.23. The van der Waals surface area contributed by atoms with Crippen molar-refractivity contribution in [2.24, 2.45) is 7.05 Å². The van der Waals surface area contributed by atoms with Crippen LogP contribution in [-0.2, 0) is 7.05 Å². The fourth-order valence-electron chi connectivity index (χ4n) is 3.53. The molecule has 3 nitrogen and oxygen atoms in total. The van der Waals surface area contributed by atoms with E-state index >= 15 is 0 Å². The highest BCUT2D eigenvalue weighted by atomic mass is 15.2.